The Morgan fingerprint density at radius 2 is 1.77 bits per heavy atom. The monoisotopic (exact) mass is 356 g/mol. The highest BCUT2D eigenvalue weighted by Crippen LogP contribution is 2.11. The topological polar surface area (TPSA) is 57.5 Å². The number of nitrogens with one attached hydrogen (secondary N) is 2. The Morgan fingerprint density at radius 3 is 2.31 bits per heavy atom. The van der Waals surface area contributed by atoms with Crippen molar-refractivity contribution in [2.24, 2.45) is 12.0 Å². The molecule has 0 fully saturated rings. The van der Waals surface area contributed by atoms with E-state index in [4.69, 9.17) is 4.99 Å². The van der Waals surface area contributed by atoms with Crippen LogP contribution in [0.3, 0.4) is 0 Å². The van der Waals surface area contributed by atoms with Crippen LogP contribution < -0.4 is 10.6 Å². The van der Waals surface area contributed by atoms with Gasteiger partial charge < -0.3 is 15.5 Å². The first-order valence-electron chi connectivity index (χ1n) is 9.14. The molecule has 0 saturated heterocycles. The smallest absolute Gasteiger partial charge is 0.191 e. The minimum Gasteiger partial charge on any atom is -0.357 e. The van der Waals surface area contributed by atoms with Crippen LogP contribution in [0.15, 0.2) is 29.3 Å². The number of nitrogens with zero attached hydrogens (tertiary/aromatic N) is 4. The van der Waals surface area contributed by atoms with Crippen LogP contribution in [0.2, 0.25) is 0 Å². The van der Waals surface area contributed by atoms with Crippen molar-refractivity contribution in [3.8, 4) is 0 Å². The number of rotatable bonds is 7. The first-order chi connectivity index (χ1) is 12.4. The van der Waals surface area contributed by atoms with Gasteiger partial charge in [0.05, 0.1) is 12.2 Å². The van der Waals surface area contributed by atoms with Crippen LogP contribution in [-0.4, -0.2) is 41.3 Å². The molecule has 142 valence electrons. The molecule has 0 unspecified atom stereocenters. The predicted molar refractivity (Wildman–Crippen MR) is 108 cm³/mol. The Labute approximate surface area is 157 Å². The van der Waals surface area contributed by atoms with E-state index in [-0.39, 0.29) is 0 Å². The molecule has 0 aliphatic rings. The summed E-state index contributed by atoms with van der Waals surface area (Å²) in [4.78, 5) is 6.88. The second-order valence-corrected chi connectivity index (χ2v) is 6.88. The van der Waals surface area contributed by atoms with E-state index in [9.17, 15) is 0 Å². The van der Waals surface area contributed by atoms with Gasteiger partial charge >= 0.3 is 0 Å². The Hall–Kier alpha value is -2.34. The number of hydrogen-bond donors (Lipinski definition) is 2. The minimum absolute atomic E-state index is 0.655. The van der Waals surface area contributed by atoms with Crippen molar-refractivity contribution < 1.29 is 0 Å². The maximum absolute atomic E-state index is 4.71. The van der Waals surface area contributed by atoms with E-state index < -0.39 is 0 Å². The van der Waals surface area contributed by atoms with Crippen LogP contribution in [0.4, 0.5) is 0 Å². The predicted octanol–water partition coefficient (Wildman–Crippen LogP) is 2.35. The molecule has 0 bridgehead atoms. The number of aromatic nitrogens is 2. The van der Waals surface area contributed by atoms with Gasteiger partial charge in [0.1, 0.15) is 0 Å². The molecule has 0 saturated carbocycles. The molecule has 2 aromatic rings. The molecule has 2 rings (SSSR count). The van der Waals surface area contributed by atoms with Crippen molar-refractivity contribution in [2.75, 3.05) is 20.6 Å². The van der Waals surface area contributed by atoms with Gasteiger partial charge in [-0.05, 0) is 46.0 Å². The molecule has 2 N–H and O–H groups in total. The molecule has 0 amide bonds. The zero-order valence-corrected chi connectivity index (χ0v) is 16.9. The second-order valence-electron chi connectivity index (χ2n) is 6.88. The molecule has 0 aliphatic carbocycles. The summed E-state index contributed by atoms with van der Waals surface area (Å²) in [6.45, 7) is 9.38. The summed E-state index contributed by atoms with van der Waals surface area (Å²) in [6.07, 6.45) is 0. The van der Waals surface area contributed by atoms with Gasteiger partial charge in [-0.3, -0.25) is 4.68 Å². The lowest BCUT2D eigenvalue weighted by atomic mass is 10.1. The largest absolute Gasteiger partial charge is 0.357 e. The zero-order chi connectivity index (χ0) is 19.1. The van der Waals surface area contributed by atoms with Gasteiger partial charge in [0.25, 0.3) is 0 Å². The summed E-state index contributed by atoms with van der Waals surface area (Å²) in [5, 5.41) is 11.2. The minimum atomic E-state index is 0.655. The first kappa shape index (κ1) is 20.0. The van der Waals surface area contributed by atoms with E-state index in [1.807, 2.05) is 18.7 Å². The molecule has 0 aliphatic heterocycles. The summed E-state index contributed by atoms with van der Waals surface area (Å²) in [5.41, 5.74) is 5.99. The van der Waals surface area contributed by atoms with Gasteiger partial charge in [-0.1, -0.05) is 24.3 Å². The van der Waals surface area contributed by atoms with Gasteiger partial charge in [0.15, 0.2) is 5.96 Å². The molecule has 6 nitrogen and oxygen atoms in total. The van der Waals surface area contributed by atoms with Crippen LogP contribution in [0.1, 0.15) is 35.0 Å². The number of hydrogen-bond acceptors (Lipinski definition) is 3. The van der Waals surface area contributed by atoms with Gasteiger partial charge in [-0.15, -0.1) is 0 Å². The Balaban J connectivity index is 1.99. The molecule has 1 heterocycles. The van der Waals surface area contributed by atoms with Crippen LogP contribution in [0, 0.1) is 13.8 Å². The van der Waals surface area contributed by atoms with E-state index in [1.165, 1.54) is 22.4 Å². The average molecular weight is 357 g/mol. The molecule has 26 heavy (non-hydrogen) atoms. The highest BCUT2D eigenvalue weighted by atomic mass is 15.3. The van der Waals surface area contributed by atoms with Crippen molar-refractivity contribution in [1.82, 2.24) is 25.3 Å². The summed E-state index contributed by atoms with van der Waals surface area (Å²) < 4.78 is 1.92. The van der Waals surface area contributed by atoms with Crippen molar-refractivity contribution >= 4 is 5.96 Å². The molecule has 0 radical (unpaired) electrons. The fourth-order valence-electron chi connectivity index (χ4n) is 2.87. The normalized spacial score (nSPS) is 11.9. The Bertz CT molecular complexity index is 728. The van der Waals surface area contributed by atoms with Gasteiger partial charge in [-0.2, -0.15) is 5.10 Å². The summed E-state index contributed by atoms with van der Waals surface area (Å²) in [5.74, 6) is 0.826. The lowest BCUT2D eigenvalue weighted by Crippen LogP contribution is -2.37. The number of aliphatic imine (C=N–C) groups is 1. The lowest BCUT2D eigenvalue weighted by molar-refractivity contribution is 0.402. The van der Waals surface area contributed by atoms with E-state index in [0.717, 1.165) is 31.3 Å². The Kier molecular flexibility index (Phi) is 7.21. The summed E-state index contributed by atoms with van der Waals surface area (Å²) in [6, 6.07) is 8.66. The van der Waals surface area contributed by atoms with Crippen molar-refractivity contribution in [2.45, 2.75) is 40.4 Å². The van der Waals surface area contributed by atoms with E-state index >= 15 is 0 Å². The van der Waals surface area contributed by atoms with Gasteiger partial charge in [-0.25, -0.2) is 4.99 Å². The molecular weight excluding hydrogens is 324 g/mol. The highest BCUT2D eigenvalue weighted by molar-refractivity contribution is 5.79. The molecule has 1 aromatic carbocycles. The number of guanidine groups is 1. The van der Waals surface area contributed by atoms with Crippen LogP contribution in [-0.2, 0) is 26.7 Å². The fourth-order valence-corrected chi connectivity index (χ4v) is 2.87. The van der Waals surface area contributed by atoms with E-state index in [0.29, 0.717) is 6.54 Å². The third-order valence-corrected chi connectivity index (χ3v) is 4.38. The van der Waals surface area contributed by atoms with Crippen molar-refractivity contribution in [3.63, 3.8) is 0 Å². The third kappa shape index (κ3) is 5.59. The summed E-state index contributed by atoms with van der Waals surface area (Å²) in [7, 11) is 6.14. The van der Waals surface area contributed by atoms with E-state index in [1.54, 1.807) is 0 Å². The standard InChI is InChI=1S/C20H32N6/c1-7-21-20(23-13-19-15(2)24-26(6)16(19)3)22-12-17-8-10-18(11-9-17)14-25(4)5/h8-11H,7,12-14H2,1-6H3,(H2,21,22,23). The first-order valence-corrected chi connectivity index (χ1v) is 9.14. The zero-order valence-electron chi connectivity index (χ0n) is 16.9. The van der Waals surface area contributed by atoms with Gasteiger partial charge in [0, 0.05) is 37.9 Å². The van der Waals surface area contributed by atoms with Gasteiger partial charge in [0.2, 0.25) is 0 Å². The average Bonchev–Trinajstić information content (AvgIpc) is 2.83. The van der Waals surface area contributed by atoms with E-state index in [2.05, 4.69) is 72.8 Å². The maximum atomic E-state index is 4.71. The molecule has 6 heteroatoms. The van der Waals surface area contributed by atoms with Crippen LogP contribution >= 0.6 is 0 Å². The Morgan fingerprint density at radius 1 is 1.12 bits per heavy atom. The SMILES string of the molecule is CCNC(=NCc1ccc(CN(C)C)cc1)NCc1c(C)nn(C)c1C. The molecule has 1 aromatic heterocycles. The van der Waals surface area contributed by atoms with Crippen LogP contribution in [0.5, 0.6) is 0 Å². The lowest BCUT2D eigenvalue weighted by Gasteiger charge is -2.12. The molecular formula is C20H32N6. The second kappa shape index (κ2) is 9.38. The third-order valence-electron chi connectivity index (χ3n) is 4.38. The summed E-state index contributed by atoms with van der Waals surface area (Å²) >= 11 is 0. The number of aryl methyl sites for hydroxylation is 2. The molecule has 0 atom stereocenters. The number of benzene rings is 1. The van der Waals surface area contributed by atoms with Crippen molar-refractivity contribution in [1.29, 1.82) is 0 Å². The quantitative estimate of drug-likeness (QED) is 0.591. The molecule has 0 spiro atoms. The maximum Gasteiger partial charge on any atom is 0.191 e. The van der Waals surface area contributed by atoms with Crippen LogP contribution in [0.25, 0.3) is 0 Å². The van der Waals surface area contributed by atoms with Crippen molar-refractivity contribution in [3.05, 3.63) is 52.3 Å². The highest BCUT2D eigenvalue weighted by Gasteiger charge is 2.09. The fraction of sp³-hybridized carbons (Fsp3) is 0.500.